The summed E-state index contributed by atoms with van der Waals surface area (Å²) >= 11 is 0. The van der Waals surface area contributed by atoms with E-state index in [2.05, 4.69) is 11.4 Å². The van der Waals surface area contributed by atoms with Crippen molar-refractivity contribution in [3.8, 4) is 6.07 Å². The molecular weight excluding hydrogens is 240 g/mol. The first kappa shape index (κ1) is 13.6. The van der Waals surface area contributed by atoms with Crippen LogP contribution in [0.2, 0.25) is 0 Å². The molecule has 0 unspecified atom stereocenters. The molecule has 0 amide bonds. The third-order valence-corrected chi connectivity index (χ3v) is 3.71. The molecule has 100 valence electrons. The highest BCUT2D eigenvalue weighted by molar-refractivity contribution is 5.71. The Morgan fingerprint density at radius 2 is 2.21 bits per heavy atom. The predicted octanol–water partition coefficient (Wildman–Crippen LogP) is 2.29. The minimum absolute atomic E-state index is 0.0389. The number of rotatable bonds is 4. The van der Waals surface area contributed by atoms with E-state index in [0.29, 0.717) is 12.1 Å². The van der Waals surface area contributed by atoms with Crippen LogP contribution in [0.25, 0.3) is 0 Å². The molecule has 1 aromatic carbocycles. The van der Waals surface area contributed by atoms with E-state index in [1.165, 1.54) is 0 Å². The predicted molar refractivity (Wildman–Crippen MR) is 71.4 cm³/mol. The summed E-state index contributed by atoms with van der Waals surface area (Å²) in [5.74, 6) is -0.990. The maximum absolute atomic E-state index is 11.2. The summed E-state index contributed by atoms with van der Waals surface area (Å²) in [5, 5.41) is 21.4. The number of nitrogens with one attached hydrogen (secondary N) is 1. The molecule has 19 heavy (non-hydrogen) atoms. The Balaban J connectivity index is 1.96. The van der Waals surface area contributed by atoms with Gasteiger partial charge in [0.15, 0.2) is 0 Å². The fourth-order valence-electron chi connectivity index (χ4n) is 2.67. The standard InChI is InChI=1S/C15H18N2O2/c16-9-11-4-3-5-12(8-11)10-17-14-7-2-1-6-13(14)15(18)19/h3-5,8,13-14,17H,1-2,6-7,10H2,(H,18,19)/t13-,14+/m0/s1. The van der Waals surface area contributed by atoms with E-state index in [0.717, 1.165) is 31.2 Å². The number of nitrogens with zero attached hydrogens (tertiary/aromatic N) is 1. The molecule has 0 radical (unpaired) electrons. The van der Waals surface area contributed by atoms with Crippen LogP contribution in [0.15, 0.2) is 24.3 Å². The van der Waals surface area contributed by atoms with Crippen molar-refractivity contribution < 1.29 is 9.90 Å². The van der Waals surface area contributed by atoms with Crippen molar-refractivity contribution in [1.82, 2.24) is 5.32 Å². The second-order valence-corrected chi connectivity index (χ2v) is 5.03. The molecule has 0 heterocycles. The van der Waals surface area contributed by atoms with Gasteiger partial charge in [0.25, 0.3) is 0 Å². The summed E-state index contributed by atoms with van der Waals surface area (Å²) in [6.07, 6.45) is 3.75. The highest BCUT2D eigenvalue weighted by atomic mass is 16.4. The molecule has 0 aromatic heterocycles. The molecule has 2 N–H and O–H groups in total. The second-order valence-electron chi connectivity index (χ2n) is 5.03. The van der Waals surface area contributed by atoms with Gasteiger partial charge in [0.2, 0.25) is 0 Å². The van der Waals surface area contributed by atoms with E-state index in [4.69, 9.17) is 5.26 Å². The van der Waals surface area contributed by atoms with Crippen molar-refractivity contribution in [3.63, 3.8) is 0 Å². The van der Waals surface area contributed by atoms with Gasteiger partial charge in [-0.3, -0.25) is 4.79 Å². The zero-order valence-corrected chi connectivity index (χ0v) is 10.8. The summed E-state index contributed by atoms with van der Waals surface area (Å²) in [6, 6.07) is 9.56. The third kappa shape index (κ3) is 3.55. The fraction of sp³-hybridized carbons (Fsp3) is 0.467. The van der Waals surface area contributed by atoms with Gasteiger partial charge in [-0.2, -0.15) is 5.26 Å². The maximum Gasteiger partial charge on any atom is 0.308 e. The Labute approximate surface area is 113 Å². The lowest BCUT2D eigenvalue weighted by Gasteiger charge is -2.29. The zero-order valence-electron chi connectivity index (χ0n) is 10.8. The van der Waals surface area contributed by atoms with Crippen LogP contribution < -0.4 is 5.32 Å². The average Bonchev–Trinajstić information content (AvgIpc) is 2.45. The van der Waals surface area contributed by atoms with Gasteiger partial charge in [-0.05, 0) is 30.5 Å². The van der Waals surface area contributed by atoms with Gasteiger partial charge in [0.1, 0.15) is 0 Å². The smallest absolute Gasteiger partial charge is 0.308 e. The van der Waals surface area contributed by atoms with Gasteiger partial charge in [0, 0.05) is 12.6 Å². The van der Waals surface area contributed by atoms with Crippen LogP contribution in [0.3, 0.4) is 0 Å². The van der Waals surface area contributed by atoms with Crippen molar-refractivity contribution in [2.24, 2.45) is 5.92 Å². The molecule has 1 aliphatic rings. The van der Waals surface area contributed by atoms with E-state index in [9.17, 15) is 9.90 Å². The summed E-state index contributed by atoms with van der Waals surface area (Å²) < 4.78 is 0. The van der Waals surface area contributed by atoms with Crippen molar-refractivity contribution in [2.75, 3.05) is 0 Å². The monoisotopic (exact) mass is 258 g/mol. The fourth-order valence-corrected chi connectivity index (χ4v) is 2.67. The van der Waals surface area contributed by atoms with E-state index >= 15 is 0 Å². The Bertz CT molecular complexity index is 493. The Hall–Kier alpha value is -1.86. The van der Waals surface area contributed by atoms with Gasteiger partial charge < -0.3 is 10.4 Å². The quantitative estimate of drug-likeness (QED) is 0.869. The summed E-state index contributed by atoms with van der Waals surface area (Å²) in [7, 11) is 0. The molecule has 4 nitrogen and oxygen atoms in total. The molecule has 0 aliphatic heterocycles. The lowest BCUT2D eigenvalue weighted by molar-refractivity contribution is -0.143. The largest absolute Gasteiger partial charge is 0.481 e. The summed E-state index contributed by atoms with van der Waals surface area (Å²) in [5.41, 5.74) is 1.66. The first-order valence-corrected chi connectivity index (χ1v) is 6.66. The number of benzene rings is 1. The van der Waals surface area contributed by atoms with E-state index in [-0.39, 0.29) is 12.0 Å². The number of carbonyl (C=O) groups is 1. The lowest BCUT2D eigenvalue weighted by Crippen LogP contribution is -2.41. The Kier molecular flexibility index (Phi) is 4.53. The normalized spacial score (nSPS) is 22.7. The average molecular weight is 258 g/mol. The van der Waals surface area contributed by atoms with Crippen LogP contribution in [0.1, 0.15) is 36.8 Å². The van der Waals surface area contributed by atoms with Crippen molar-refractivity contribution in [1.29, 1.82) is 5.26 Å². The van der Waals surface area contributed by atoms with Crippen LogP contribution >= 0.6 is 0 Å². The first-order valence-electron chi connectivity index (χ1n) is 6.66. The minimum atomic E-state index is -0.706. The zero-order chi connectivity index (χ0) is 13.7. The highest BCUT2D eigenvalue weighted by Gasteiger charge is 2.30. The molecule has 0 bridgehead atoms. The second kappa shape index (κ2) is 6.35. The molecule has 1 aromatic rings. The number of hydrogen-bond donors (Lipinski definition) is 2. The molecule has 4 heteroatoms. The van der Waals surface area contributed by atoms with Gasteiger partial charge >= 0.3 is 5.97 Å². The van der Waals surface area contributed by atoms with Crippen molar-refractivity contribution in [3.05, 3.63) is 35.4 Å². The maximum atomic E-state index is 11.2. The molecule has 1 saturated carbocycles. The number of aliphatic carboxylic acids is 1. The Morgan fingerprint density at radius 3 is 2.95 bits per heavy atom. The van der Waals surface area contributed by atoms with E-state index in [1.807, 2.05) is 18.2 Å². The van der Waals surface area contributed by atoms with Gasteiger partial charge in [0.05, 0.1) is 17.6 Å². The SMILES string of the molecule is N#Cc1cccc(CN[C@@H]2CCCC[C@@H]2C(=O)O)c1. The Morgan fingerprint density at radius 1 is 1.42 bits per heavy atom. The highest BCUT2D eigenvalue weighted by Crippen LogP contribution is 2.25. The summed E-state index contributed by atoms with van der Waals surface area (Å²) in [6.45, 7) is 0.615. The molecule has 2 atom stereocenters. The topological polar surface area (TPSA) is 73.1 Å². The number of hydrogen-bond acceptors (Lipinski definition) is 3. The van der Waals surface area contributed by atoms with Crippen molar-refractivity contribution >= 4 is 5.97 Å². The van der Waals surface area contributed by atoms with Crippen molar-refractivity contribution in [2.45, 2.75) is 38.3 Å². The van der Waals surface area contributed by atoms with Gasteiger partial charge in [-0.25, -0.2) is 0 Å². The minimum Gasteiger partial charge on any atom is -0.481 e. The van der Waals surface area contributed by atoms with Crippen LogP contribution in [-0.4, -0.2) is 17.1 Å². The number of carboxylic acid groups (broad SMARTS) is 1. The van der Waals surface area contributed by atoms with E-state index < -0.39 is 5.97 Å². The molecule has 0 saturated heterocycles. The molecule has 1 fully saturated rings. The van der Waals surface area contributed by atoms with E-state index in [1.54, 1.807) is 6.07 Å². The van der Waals surface area contributed by atoms with Crippen LogP contribution in [0, 0.1) is 17.2 Å². The third-order valence-electron chi connectivity index (χ3n) is 3.71. The van der Waals surface area contributed by atoms with Crippen LogP contribution in [0.4, 0.5) is 0 Å². The number of carboxylic acids is 1. The summed E-state index contributed by atoms with van der Waals surface area (Å²) in [4.78, 5) is 11.2. The lowest BCUT2D eigenvalue weighted by atomic mass is 9.84. The van der Waals surface area contributed by atoms with Gasteiger partial charge in [-0.1, -0.05) is 25.0 Å². The first-order chi connectivity index (χ1) is 9.20. The molecule has 0 spiro atoms. The van der Waals surface area contributed by atoms with Crippen LogP contribution in [0.5, 0.6) is 0 Å². The molecule has 1 aliphatic carbocycles. The van der Waals surface area contributed by atoms with Gasteiger partial charge in [-0.15, -0.1) is 0 Å². The van der Waals surface area contributed by atoms with Crippen LogP contribution in [-0.2, 0) is 11.3 Å². The molecule has 2 rings (SSSR count). The molecular formula is C15H18N2O2. The number of nitriles is 1.